The monoisotopic (exact) mass is 393 g/mol. The van der Waals surface area contributed by atoms with E-state index >= 15 is 0 Å². The quantitative estimate of drug-likeness (QED) is 0.725. The second-order valence-electron chi connectivity index (χ2n) is 10.0. The normalized spacial score (nSPS) is 29.9. The summed E-state index contributed by atoms with van der Waals surface area (Å²) in [7, 11) is 3.99. The van der Waals surface area contributed by atoms with Crippen molar-refractivity contribution in [3.63, 3.8) is 0 Å². The van der Waals surface area contributed by atoms with E-state index in [4.69, 9.17) is 0 Å². The predicted molar refractivity (Wildman–Crippen MR) is 114 cm³/mol. The zero-order chi connectivity index (χ0) is 20.2. The Labute approximate surface area is 172 Å². The van der Waals surface area contributed by atoms with Crippen molar-refractivity contribution in [2.45, 2.75) is 51.4 Å². The first-order chi connectivity index (χ1) is 13.9. The molecule has 0 unspecified atom stereocenters. The van der Waals surface area contributed by atoms with Crippen LogP contribution < -0.4 is 4.90 Å². The Kier molecular flexibility index (Phi) is 4.45. The fraction of sp³-hybridized carbons (Fsp3) is 0.583. The number of carboxylic acids is 1. The molecule has 154 valence electrons. The highest BCUT2D eigenvalue weighted by Crippen LogP contribution is 2.61. The third-order valence-electron chi connectivity index (χ3n) is 7.69. The van der Waals surface area contributed by atoms with Gasteiger partial charge in [-0.15, -0.1) is 0 Å². The van der Waals surface area contributed by atoms with Crippen LogP contribution in [0.5, 0.6) is 0 Å². The molecule has 29 heavy (non-hydrogen) atoms. The largest absolute Gasteiger partial charge is 0.476 e. The van der Waals surface area contributed by atoms with Crippen LogP contribution in [-0.2, 0) is 6.42 Å². The van der Waals surface area contributed by atoms with Crippen molar-refractivity contribution in [2.75, 3.05) is 19.0 Å². The number of nitrogens with zero attached hydrogens (tertiary/aromatic N) is 2. The van der Waals surface area contributed by atoms with E-state index in [1.807, 2.05) is 43.3 Å². The minimum atomic E-state index is -0.935. The number of anilines is 1. The third-order valence-corrected chi connectivity index (χ3v) is 7.69. The van der Waals surface area contributed by atoms with Crippen LogP contribution in [-0.4, -0.2) is 35.1 Å². The number of aryl methyl sites for hydroxylation is 1. The highest BCUT2D eigenvalue weighted by Gasteiger charge is 2.50. The molecule has 0 aliphatic heterocycles. The summed E-state index contributed by atoms with van der Waals surface area (Å²) in [6.45, 7) is 0. The molecule has 0 saturated heterocycles. The van der Waals surface area contributed by atoms with E-state index in [1.54, 1.807) is 0 Å². The molecule has 4 fully saturated rings. The first-order valence-corrected chi connectivity index (χ1v) is 11.0. The van der Waals surface area contributed by atoms with Gasteiger partial charge in [0, 0.05) is 31.0 Å². The molecule has 2 aromatic rings. The number of H-pyrrole nitrogens is 1. The Hall–Kier alpha value is -2.30. The average molecular weight is 394 g/mol. The van der Waals surface area contributed by atoms with E-state index in [-0.39, 0.29) is 5.69 Å². The molecular weight excluding hydrogens is 362 g/mol. The van der Waals surface area contributed by atoms with Crippen molar-refractivity contribution in [2.24, 2.45) is 23.2 Å². The molecule has 2 N–H and O–H groups in total. The van der Waals surface area contributed by atoms with Crippen molar-refractivity contribution >= 4 is 11.7 Å². The van der Waals surface area contributed by atoms with Crippen LogP contribution >= 0.6 is 0 Å². The van der Waals surface area contributed by atoms with Gasteiger partial charge in [0.15, 0.2) is 5.69 Å². The first kappa shape index (κ1) is 18.7. The Bertz CT molecular complexity index is 895. The number of carbonyl (C=O) groups is 1. The number of hydrogen-bond donors (Lipinski definition) is 2. The van der Waals surface area contributed by atoms with Gasteiger partial charge in [0.05, 0.1) is 0 Å². The Balaban J connectivity index is 1.42. The van der Waals surface area contributed by atoms with Crippen molar-refractivity contribution in [3.8, 4) is 11.4 Å². The molecular formula is C24H31N3O2. The second kappa shape index (κ2) is 6.89. The molecule has 0 atom stereocenters. The SMILES string of the molecule is CN(C)c1ccccc1-c1nc(C(=O)O)c(CCC23CC4CC(CC(C4)C2)C3)[nH]1. The van der Waals surface area contributed by atoms with Crippen LogP contribution in [0.3, 0.4) is 0 Å². The molecule has 4 bridgehead atoms. The van der Waals surface area contributed by atoms with Crippen LogP contribution in [0.2, 0.25) is 0 Å². The zero-order valence-electron chi connectivity index (χ0n) is 17.4. The van der Waals surface area contributed by atoms with Crippen molar-refractivity contribution in [1.29, 1.82) is 0 Å². The van der Waals surface area contributed by atoms with E-state index in [1.165, 1.54) is 38.5 Å². The summed E-state index contributed by atoms with van der Waals surface area (Å²) >= 11 is 0. The van der Waals surface area contributed by atoms with Gasteiger partial charge in [0.2, 0.25) is 0 Å². The summed E-state index contributed by atoms with van der Waals surface area (Å²) in [6.07, 6.45) is 10.3. The smallest absolute Gasteiger partial charge is 0.356 e. The second-order valence-corrected chi connectivity index (χ2v) is 10.0. The highest BCUT2D eigenvalue weighted by atomic mass is 16.4. The van der Waals surface area contributed by atoms with Crippen LogP contribution in [0.15, 0.2) is 24.3 Å². The summed E-state index contributed by atoms with van der Waals surface area (Å²) in [5.41, 5.74) is 3.40. The number of aromatic amines is 1. The van der Waals surface area contributed by atoms with E-state index in [0.29, 0.717) is 11.2 Å². The van der Waals surface area contributed by atoms with Gasteiger partial charge in [-0.25, -0.2) is 9.78 Å². The van der Waals surface area contributed by atoms with Gasteiger partial charge in [-0.1, -0.05) is 12.1 Å². The summed E-state index contributed by atoms with van der Waals surface area (Å²) < 4.78 is 0. The zero-order valence-corrected chi connectivity index (χ0v) is 17.4. The number of imidazole rings is 1. The topological polar surface area (TPSA) is 69.2 Å². The number of aromatic carboxylic acids is 1. The lowest BCUT2D eigenvalue weighted by molar-refractivity contribution is -0.0571. The number of aromatic nitrogens is 2. The lowest BCUT2D eigenvalue weighted by Gasteiger charge is -2.57. The fourth-order valence-corrected chi connectivity index (χ4v) is 6.94. The number of carboxylic acid groups (broad SMARTS) is 1. The maximum absolute atomic E-state index is 11.9. The minimum Gasteiger partial charge on any atom is -0.476 e. The minimum absolute atomic E-state index is 0.193. The van der Waals surface area contributed by atoms with Crippen LogP contribution in [0.1, 0.15) is 61.1 Å². The van der Waals surface area contributed by atoms with E-state index in [0.717, 1.165) is 47.5 Å². The van der Waals surface area contributed by atoms with Gasteiger partial charge in [-0.3, -0.25) is 0 Å². The molecule has 5 nitrogen and oxygen atoms in total. The summed E-state index contributed by atoms with van der Waals surface area (Å²) in [5, 5.41) is 9.77. The fourth-order valence-electron chi connectivity index (χ4n) is 6.94. The van der Waals surface area contributed by atoms with E-state index in [9.17, 15) is 9.90 Å². The van der Waals surface area contributed by atoms with Gasteiger partial charge >= 0.3 is 5.97 Å². The standard InChI is InChI=1S/C24H31N3O2/c1-27(2)20-6-4-3-5-18(20)22-25-19(21(26-22)23(28)29)7-8-24-12-15-9-16(13-24)11-17(10-15)14-24/h3-6,15-17H,7-14H2,1-2H3,(H,25,26)(H,28,29). The molecule has 1 aromatic carbocycles. The lowest BCUT2D eigenvalue weighted by Crippen LogP contribution is -2.46. The number of nitrogens with one attached hydrogen (secondary N) is 1. The predicted octanol–water partition coefficient (Wildman–Crippen LogP) is 4.99. The Morgan fingerprint density at radius 3 is 2.34 bits per heavy atom. The first-order valence-electron chi connectivity index (χ1n) is 11.0. The Morgan fingerprint density at radius 2 is 1.76 bits per heavy atom. The molecule has 5 heteroatoms. The van der Waals surface area contributed by atoms with Crippen LogP contribution in [0, 0.1) is 23.2 Å². The van der Waals surface area contributed by atoms with Crippen molar-refractivity contribution in [3.05, 3.63) is 35.7 Å². The van der Waals surface area contributed by atoms with Crippen molar-refractivity contribution in [1.82, 2.24) is 9.97 Å². The third kappa shape index (κ3) is 3.34. The van der Waals surface area contributed by atoms with Gasteiger partial charge in [-0.2, -0.15) is 0 Å². The molecule has 0 spiro atoms. The lowest BCUT2D eigenvalue weighted by atomic mass is 9.48. The van der Waals surface area contributed by atoms with Crippen molar-refractivity contribution < 1.29 is 9.90 Å². The number of para-hydroxylation sites is 1. The molecule has 1 heterocycles. The maximum atomic E-state index is 11.9. The van der Waals surface area contributed by atoms with Gasteiger partial charge in [0.25, 0.3) is 0 Å². The number of rotatable bonds is 6. The molecule has 4 aliphatic rings. The summed E-state index contributed by atoms with van der Waals surface area (Å²) in [5.74, 6) is 2.49. The highest BCUT2D eigenvalue weighted by molar-refractivity contribution is 5.88. The molecule has 6 rings (SSSR count). The summed E-state index contributed by atoms with van der Waals surface area (Å²) in [4.78, 5) is 21.8. The van der Waals surface area contributed by atoms with Gasteiger partial charge in [0.1, 0.15) is 5.82 Å². The molecule has 4 saturated carbocycles. The van der Waals surface area contributed by atoms with Gasteiger partial charge < -0.3 is 15.0 Å². The van der Waals surface area contributed by atoms with Crippen LogP contribution in [0.4, 0.5) is 5.69 Å². The van der Waals surface area contributed by atoms with Gasteiger partial charge in [-0.05, 0) is 86.7 Å². The summed E-state index contributed by atoms with van der Waals surface area (Å²) in [6, 6.07) is 8.00. The molecule has 4 aliphatic carbocycles. The van der Waals surface area contributed by atoms with Crippen LogP contribution in [0.25, 0.3) is 11.4 Å². The van der Waals surface area contributed by atoms with E-state index in [2.05, 4.69) is 9.97 Å². The average Bonchev–Trinajstić information content (AvgIpc) is 3.10. The number of benzene rings is 1. The molecule has 0 amide bonds. The van der Waals surface area contributed by atoms with E-state index < -0.39 is 5.97 Å². The maximum Gasteiger partial charge on any atom is 0.356 e. The molecule has 1 aromatic heterocycles. The number of hydrogen-bond acceptors (Lipinski definition) is 3. The Morgan fingerprint density at radius 1 is 1.14 bits per heavy atom. The molecule has 0 radical (unpaired) electrons.